The van der Waals surface area contributed by atoms with E-state index in [0.717, 1.165) is 16.8 Å². The average molecular weight is 508 g/mol. The van der Waals surface area contributed by atoms with Gasteiger partial charge in [-0.05, 0) is 62.8 Å². The molecule has 5 rings (SSSR count). The molecule has 1 unspecified atom stereocenters. The minimum atomic E-state index is -0.538. The fourth-order valence-corrected chi connectivity index (χ4v) is 5.49. The fourth-order valence-electron chi connectivity index (χ4n) is 5.49. The van der Waals surface area contributed by atoms with E-state index in [1.807, 2.05) is 37.3 Å². The molecule has 2 atom stereocenters. The second kappa shape index (κ2) is 10.4. The van der Waals surface area contributed by atoms with Crippen LogP contribution in [0.3, 0.4) is 0 Å². The van der Waals surface area contributed by atoms with Crippen LogP contribution < -0.4 is 26.4 Å². The molecule has 0 spiro atoms. The number of aliphatic hydroxyl groups excluding tert-OH is 1. The second-order valence-corrected chi connectivity index (χ2v) is 10.0. The van der Waals surface area contributed by atoms with E-state index in [0.29, 0.717) is 55.5 Å². The van der Waals surface area contributed by atoms with E-state index < -0.39 is 12.1 Å². The van der Waals surface area contributed by atoms with E-state index in [2.05, 4.69) is 20.9 Å². The number of benzene rings is 2. The summed E-state index contributed by atoms with van der Waals surface area (Å²) in [5.74, 6) is 0.336. The van der Waals surface area contributed by atoms with Crippen molar-refractivity contribution in [2.45, 2.75) is 57.2 Å². The van der Waals surface area contributed by atoms with Crippen LogP contribution in [0.25, 0.3) is 11.0 Å². The van der Waals surface area contributed by atoms with Crippen LogP contribution in [0.4, 0.5) is 11.4 Å². The molecule has 5 N–H and O–H groups in total. The van der Waals surface area contributed by atoms with E-state index in [9.17, 15) is 19.5 Å². The number of fused-ring (bicyclic) bond motifs is 1. The molecule has 1 saturated heterocycles. The normalized spacial score (nSPS) is 23.6. The number of para-hydroxylation sites is 1. The topological polar surface area (TPSA) is 137 Å². The number of carbonyl (C=O) groups excluding carboxylic acids is 2. The number of imidazole rings is 1. The van der Waals surface area contributed by atoms with Gasteiger partial charge in [-0.2, -0.15) is 0 Å². The Morgan fingerprint density at radius 3 is 2.57 bits per heavy atom. The Kier molecular flexibility index (Phi) is 7.03. The van der Waals surface area contributed by atoms with Gasteiger partial charge in [0.15, 0.2) is 0 Å². The SMILES string of the molecule is COc1cc(NC(=O)[C@H]2CC[C@@H](n3c(=O)[nH]c4c(NC(=O)C5C[C@@H](O)CN5)cccc43)CC2)ccc1C. The Hall–Kier alpha value is -3.63. The highest BCUT2D eigenvalue weighted by molar-refractivity contribution is 6.02. The number of carbonyl (C=O) groups is 2. The van der Waals surface area contributed by atoms with E-state index in [4.69, 9.17) is 4.74 Å². The molecule has 2 amide bonds. The summed E-state index contributed by atoms with van der Waals surface area (Å²) in [6, 6.07) is 10.5. The number of aromatic nitrogens is 2. The fraction of sp³-hybridized carbons (Fsp3) is 0.444. The summed E-state index contributed by atoms with van der Waals surface area (Å²) in [5.41, 5.74) is 3.31. The van der Waals surface area contributed by atoms with Crippen LogP contribution in [0, 0.1) is 12.8 Å². The number of hydrogen-bond acceptors (Lipinski definition) is 6. The van der Waals surface area contributed by atoms with Crippen LogP contribution in [0.5, 0.6) is 5.75 Å². The number of hydrogen-bond donors (Lipinski definition) is 5. The van der Waals surface area contributed by atoms with Gasteiger partial charge in [0.2, 0.25) is 11.8 Å². The molecule has 2 aromatic carbocycles. The number of amides is 2. The smallest absolute Gasteiger partial charge is 0.326 e. The number of H-pyrrole nitrogens is 1. The number of aliphatic hydroxyl groups is 1. The predicted molar refractivity (Wildman–Crippen MR) is 141 cm³/mol. The van der Waals surface area contributed by atoms with Crippen LogP contribution in [0.2, 0.25) is 0 Å². The number of methoxy groups -OCH3 is 1. The van der Waals surface area contributed by atoms with Gasteiger partial charge in [0.1, 0.15) is 5.75 Å². The maximum absolute atomic E-state index is 13.0. The van der Waals surface area contributed by atoms with Crippen molar-refractivity contribution in [3.8, 4) is 5.75 Å². The van der Waals surface area contributed by atoms with Crippen LogP contribution in [-0.4, -0.2) is 52.3 Å². The average Bonchev–Trinajstić information content (AvgIpc) is 3.48. The summed E-state index contributed by atoms with van der Waals surface area (Å²) >= 11 is 0. The first kappa shape index (κ1) is 25.0. The van der Waals surface area contributed by atoms with Crippen molar-refractivity contribution in [2.24, 2.45) is 5.92 Å². The van der Waals surface area contributed by atoms with Crippen LogP contribution in [-0.2, 0) is 9.59 Å². The van der Waals surface area contributed by atoms with Gasteiger partial charge < -0.3 is 30.8 Å². The first-order valence-corrected chi connectivity index (χ1v) is 12.7. The standard InChI is InChI=1S/C27H33N5O5/c1-15-6-9-17(12-23(15)37-2)29-25(34)16-7-10-18(11-8-16)32-22-5-3-4-20(24(22)31-27(32)36)30-26(35)21-13-19(33)14-28-21/h3-6,9,12,16,18-19,21,28,33H,7-8,10-11,13-14H2,1-2H3,(H,29,34)(H,30,35)(H,31,36)/t16-,18+,19-,21?/m1/s1. The summed E-state index contributed by atoms with van der Waals surface area (Å²) < 4.78 is 7.10. The highest BCUT2D eigenvalue weighted by Crippen LogP contribution is 2.35. The van der Waals surface area contributed by atoms with Crippen molar-refractivity contribution in [3.05, 3.63) is 52.4 Å². The number of aromatic amines is 1. The first-order valence-electron chi connectivity index (χ1n) is 12.7. The Bertz CT molecular complexity index is 1370. The lowest BCUT2D eigenvalue weighted by Crippen LogP contribution is -2.35. The highest BCUT2D eigenvalue weighted by Gasteiger charge is 2.31. The molecule has 3 aromatic rings. The molecule has 2 heterocycles. The van der Waals surface area contributed by atoms with Crippen molar-refractivity contribution in [1.82, 2.24) is 14.9 Å². The zero-order valence-corrected chi connectivity index (χ0v) is 21.0. The quantitative estimate of drug-likeness (QED) is 0.348. The molecular weight excluding hydrogens is 474 g/mol. The largest absolute Gasteiger partial charge is 0.496 e. The van der Waals surface area contributed by atoms with Crippen molar-refractivity contribution >= 4 is 34.2 Å². The van der Waals surface area contributed by atoms with E-state index >= 15 is 0 Å². The lowest BCUT2D eigenvalue weighted by Gasteiger charge is -2.28. The van der Waals surface area contributed by atoms with Crippen LogP contribution >= 0.6 is 0 Å². The molecule has 0 radical (unpaired) electrons. The Balaban J connectivity index is 1.26. The predicted octanol–water partition coefficient (Wildman–Crippen LogP) is 2.68. The molecule has 1 aromatic heterocycles. The molecule has 0 bridgehead atoms. The third-order valence-corrected chi connectivity index (χ3v) is 7.54. The number of aryl methyl sites for hydroxylation is 1. The lowest BCUT2D eigenvalue weighted by molar-refractivity contribution is -0.121. The summed E-state index contributed by atoms with van der Waals surface area (Å²) in [6.45, 7) is 2.34. The number of rotatable bonds is 6. The van der Waals surface area contributed by atoms with E-state index in [1.54, 1.807) is 17.7 Å². The monoisotopic (exact) mass is 507 g/mol. The number of ether oxygens (including phenoxy) is 1. The van der Waals surface area contributed by atoms with Crippen LogP contribution in [0.15, 0.2) is 41.2 Å². The van der Waals surface area contributed by atoms with Crippen LogP contribution in [0.1, 0.15) is 43.7 Å². The number of β-amino-alcohol motifs (C(OH)–C–C–N with tert-alkyl or cyclic N) is 1. The molecular formula is C27H33N5O5. The van der Waals surface area contributed by atoms with Crippen molar-refractivity contribution in [2.75, 3.05) is 24.3 Å². The van der Waals surface area contributed by atoms with Gasteiger partial charge in [0, 0.05) is 30.3 Å². The van der Waals surface area contributed by atoms with E-state index in [1.165, 1.54) is 0 Å². The number of nitrogens with zero attached hydrogens (tertiary/aromatic N) is 1. The third kappa shape index (κ3) is 5.12. The lowest BCUT2D eigenvalue weighted by atomic mass is 9.85. The molecule has 10 nitrogen and oxygen atoms in total. The molecule has 2 aliphatic rings. The van der Waals surface area contributed by atoms with Crippen molar-refractivity contribution in [1.29, 1.82) is 0 Å². The molecule has 1 aliphatic heterocycles. The Morgan fingerprint density at radius 1 is 1.08 bits per heavy atom. The minimum absolute atomic E-state index is 0.0220. The van der Waals surface area contributed by atoms with Gasteiger partial charge in [-0.1, -0.05) is 12.1 Å². The van der Waals surface area contributed by atoms with Crippen molar-refractivity contribution < 1.29 is 19.4 Å². The van der Waals surface area contributed by atoms with Gasteiger partial charge in [-0.3, -0.25) is 14.2 Å². The highest BCUT2D eigenvalue weighted by atomic mass is 16.5. The number of nitrogens with one attached hydrogen (secondary N) is 4. The van der Waals surface area contributed by atoms with Gasteiger partial charge >= 0.3 is 5.69 Å². The zero-order valence-electron chi connectivity index (χ0n) is 21.0. The zero-order chi connectivity index (χ0) is 26.1. The summed E-state index contributed by atoms with van der Waals surface area (Å²) in [6.07, 6.45) is 2.55. The van der Waals surface area contributed by atoms with Gasteiger partial charge in [0.25, 0.3) is 0 Å². The second-order valence-electron chi connectivity index (χ2n) is 10.0. The number of anilines is 2. The summed E-state index contributed by atoms with van der Waals surface area (Å²) in [4.78, 5) is 41.5. The third-order valence-electron chi connectivity index (χ3n) is 7.54. The van der Waals surface area contributed by atoms with Gasteiger partial charge in [-0.25, -0.2) is 4.79 Å². The maximum atomic E-state index is 13.0. The molecule has 37 heavy (non-hydrogen) atoms. The first-order chi connectivity index (χ1) is 17.8. The Morgan fingerprint density at radius 2 is 1.86 bits per heavy atom. The maximum Gasteiger partial charge on any atom is 0.326 e. The van der Waals surface area contributed by atoms with Gasteiger partial charge in [-0.15, -0.1) is 0 Å². The molecule has 2 fully saturated rings. The molecule has 1 saturated carbocycles. The summed E-state index contributed by atoms with van der Waals surface area (Å²) in [5, 5.41) is 18.6. The molecule has 1 aliphatic carbocycles. The minimum Gasteiger partial charge on any atom is -0.496 e. The summed E-state index contributed by atoms with van der Waals surface area (Å²) in [7, 11) is 1.61. The Labute approximate surface area is 214 Å². The van der Waals surface area contributed by atoms with E-state index in [-0.39, 0.29) is 29.5 Å². The van der Waals surface area contributed by atoms with Crippen molar-refractivity contribution in [3.63, 3.8) is 0 Å². The molecule has 196 valence electrons. The van der Waals surface area contributed by atoms with Gasteiger partial charge in [0.05, 0.1) is 36.0 Å². The molecule has 10 heteroatoms.